The largest absolute Gasteiger partial charge is 0.494 e. The van der Waals surface area contributed by atoms with Crippen molar-refractivity contribution in [2.24, 2.45) is 5.84 Å². The van der Waals surface area contributed by atoms with Gasteiger partial charge in [0, 0.05) is 5.75 Å². The molecule has 96 valence electrons. The van der Waals surface area contributed by atoms with Crippen molar-refractivity contribution in [3.63, 3.8) is 0 Å². The van der Waals surface area contributed by atoms with E-state index in [0.29, 0.717) is 11.9 Å². The second-order valence-corrected chi connectivity index (χ2v) is 5.71. The molecule has 3 N–H and O–H groups in total. The van der Waals surface area contributed by atoms with Gasteiger partial charge in [-0.15, -0.1) is 0 Å². The Morgan fingerprint density at radius 2 is 1.94 bits per heavy atom. The standard InChI is InChI=1S/C13H22N2OS/c1-4-16-12-7-5-11(6-8-12)13(15-14)9-17-10(2)3/h5-8,10,13,15H,4,9,14H2,1-3H3. The van der Waals surface area contributed by atoms with Gasteiger partial charge < -0.3 is 4.74 Å². The molecular weight excluding hydrogens is 232 g/mol. The number of benzene rings is 1. The lowest BCUT2D eigenvalue weighted by molar-refractivity contribution is 0.340. The van der Waals surface area contributed by atoms with Crippen LogP contribution in [0.15, 0.2) is 24.3 Å². The number of nitrogens with two attached hydrogens (primary N) is 1. The van der Waals surface area contributed by atoms with E-state index in [1.54, 1.807) is 0 Å². The van der Waals surface area contributed by atoms with Gasteiger partial charge in [0.25, 0.3) is 0 Å². The quantitative estimate of drug-likeness (QED) is 0.580. The molecule has 0 aliphatic heterocycles. The van der Waals surface area contributed by atoms with Crippen LogP contribution in [0.4, 0.5) is 0 Å². The Bertz CT molecular complexity index is 314. The molecular formula is C13H22N2OS. The molecule has 1 aromatic rings. The average molecular weight is 254 g/mol. The molecule has 0 saturated carbocycles. The van der Waals surface area contributed by atoms with Gasteiger partial charge in [0.2, 0.25) is 0 Å². The molecule has 0 aromatic heterocycles. The summed E-state index contributed by atoms with van der Waals surface area (Å²) in [5.41, 5.74) is 4.06. The Balaban J connectivity index is 2.61. The number of hydrazine groups is 1. The first kappa shape index (κ1) is 14.4. The van der Waals surface area contributed by atoms with Crippen LogP contribution in [0.25, 0.3) is 0 Å². The van der Waals surface area contributed by atoms with E-state index in [1.165, 1.54) is 5.56 Å². The van der Waals surface area contributed by atoms with E-state index in [9.17, 15) is 0 Å². The van der Waals surface area contributed by atoms with Crippen LogP contribution in [-0.2, 0) is 0 Å². The molecule has 0 spiro atoms. The van der Waals surface area contributed by atoms with Gasteiger partial charge in [0.1, 0.15) is 5.75 Å². The maximum absolute atomic E-state index is 5.59. The molecule has 0 amide bonds. The minimum Gasteiger partial charge on any atom is -0.494 e. The average Bonchev–Trinajstić information content (AvgIpc) is 2.32. The monoisotopic (exact) mass is 254 g/mol. The summed E-state index contributed by atoms with van der Waals surface area (Å²) in [5.74, 6) is 7.47. The van der Waals surface area contributed by atoms with E-state index in [0.717, 1.165) is 11.5 Å². The van der Waals surface area contributed by atoms with Gasteiger partial charge in [0.15, 0.2) is 0 Å². The van der Waals surface area contributed by atoms with Crippen LogP contribution in [0, 0.1) is 0 Å². The number of hydrogen-bond donors (Lipinski definition) is 2. The maximum Gasteiger partial charge on any atom is 0.119 e. The van der Waals surface area contributed by atoms with Crippen LogP contribution in [0.5, 0.6) is 5.75 Å². The van der Waals surface area contributed by atoms with Crippen molar-refractivity contribution < 1.29 is 4.74 Å². The van der Waals surface area contributed by atoms with Crippen LogP contribution in [0.1, 0.15) is 32.4 Å². The predicted octanol–water partition coefficient (Wildman–Crippen LogP) is 2.73. The first-order valence-corrected chi connectivity index (χ1v) is 7.02. The zero-order chi connectivity index (χ0) is 12.7. The molecule has 0 radical (unpaired) electrons. The summed E-state index contributed by atoms with van der Waals surface area (Å²) in [6.07, 6.45) is 0. The fraction of sp³-hybridized carbons (Fsp3) is 0.538. The molecule has 1 aromatic carbocycles. The number of hydrogen-bond acceptors (Lipinski definition) is 4. The minimum atomic E-state index is 0.193. The van der Waals surface area contributed by atoms with Crippen molar-refractivity contribution in [3.8, 4) is 5.75 Å². The lowest BCUT2D eigenvalue weighted by atomic mass is 10.1. The lowest BCUT2D eigenvalue weighted by Gasteiger charge is -2.17. The number of ether oxygens (including phenoxy) is 1. The van der Waals surface area contributed by atoms with Gasteiger partial charge >= 0.3 is 0 Å². The summed E-state index contributed by atoms with van der Waals surface area (Å²) < 4.78 is 5.42. The Morgan fingerprint density at radius 3 is 2.41 bits per heavy atom. The summed E-state index contributed by atoms with van der Waals surface area (Å²) in [7, 11) is 0. The Labute approximate surface area is 108 Å². The van der Waals surface area contributed by atoms with Crippen molar-refractivity contribution >= 4 is 11.8 Å². The normalized spacial score (nSPS) is 12.8. The van der Waals surface area contributed by atoms with E-state index < -0.39 is 0 Å². The smallest absolute Gasteiger partial charge is 0.119 e. The molecule has 3 nitrogen and oxygen atoms in total. The third-order valence-corrected chi connectivity index (χ3v) is 3.58. The highest BCUT2D eigenvalue weighted by Crippen LogP contribution is 2.22. The van der Waals surface area contributed by atoms with Crippen molar-refractivity contribution in [1.82, 2.24) is 5.43 Å². The highest BCUT2D eigenvalue weighted by molar-refractivity contribution is 7.99. The number of thioether (sulfide) groups is 1. The van der Waals surface area contributed by atoms with Gasteiger partial charge in [-0.1, -0.05) is 26.0 Å². The first-order valence-electron chi connectivity index (χ1n) is 5.97. The number of rotatable bonds is 7. The summed E-state index contributed by atoms with van der Waals surface area (Å²) in [6, 6.07) is 8.30. The van der Waals surface area contributed by atoms with E-state index in [-0.39, 0.29) is 6.04 Å². The van der Waals surface area contributed by atoms with Gasteiger partial charge in [-0.3, -0.25) is 11.3 Å². The topological polar surface area (TPSA) is 47.3 Å². The second-order valence-electron chi connectivity index (χ2n) is 4.10. The summed E-state index contributed by atoms with van der Waals surface area (Å²) in [5, 5.41) is 0.619. The third-order valence-electron chi connectivity index (χ3n) is 2.39. The molecule has 0 heterocycles. The fourth-order valence-electron chi connectivity index (χ4n) is 1.49. The molecule has 0 bridgehead atoms. The van der Waals surface area contributed by atoms with Crippen molar-refractivity contribution in [1.29, 1.82) is 0 Å². The van der Waals surface area contributed by atoms with Crippen molar-refractivity contribution in [3.05, 3.63) is 29.8 Å². The predicted molar refractivity (Wildman–Crippen MR) is 75.3 cm³/mol. The van der Waals surface area contributed by atoms with Crippen LogP contribution in [0.2, 0.25) is 0 Å². The zero-order valence-electron chi connectivity index (χ0n) is 10.8. The molecule has 0 saturated heterocycles. The summed E-state index contributed by atoms with van der Waals surface area (Å²) >= 11 is 1.90. The zero-order valence-corrected chi connectivity index (χ0v) is 11.6. The highest BCUT2D eigenvalue weighted by Gasteiger charge is 2.10. The van der Waals surface area contributed by atoms with E-state index in [2.05, 4.69) is 31.4 Å². The molecule has 1 unspecified atom stereocenters. The molecule has 0 aliphatic carbocycles. The van der Waals surface area contributed by atoms with Gasteiger partial charge in [-0.2, -0.15) is 11.8 Å². The molecule has 4 heteroatoms. The van der Waals surface area contributed by atoms with Crippen LogP contribution in [0.3, 0.4) is 0 Å². The highest BCUT2D eigenvalue weighted by atomic mass is 32.2. The van der Waals surface area contributed by atoms with Crippen molar-refractivity contribution in [2.45, 2.75) is 32.1 Å². The maximum atomic E-state index is 5.59. The van der Waals surface area contributed by atoms with E-state index in [4.69, 9.17) is 10.6 Å². The van der Waals surface area contributed by atoms with Crippen molar-refractivity contribution in [2.75, 3.05) is 12.4 Å². The Hall–Kier alpha value is -0.710. The Morgan fingerprint density at radius 1 is 1.29 bits per heavy atom. The molecule has 1 rings (SSSR count). The molecule has 1 atom stereocenters. The minimum absolute atomic E-state index is 0.193. The first-order chi connectivity index (χ1) is 8.17. The molecule has 0 aliphatic rings. The van der Waals surface area contributed by atoms with Gasteiger partial charge in [-0.05, 0) is 29.9 Å². The van der Waals surface area contributed by atoms with E-state index in [1.807, 2.05) is 30.8 Å². The molecule has 0 fully saturated rings. The Kier molecular flexibility index (Phi) is 6.40. The molecule has 17 heavy (non-hydrogen) atoms. The van der Waals surface area contributed by atoms with Crippen LogP contribution < -0.4 is 16.0 Å². The van der Waals surface area contributed by atoms with Gasteiger partial charge in [-0.25, -0.2) is 0 Å². The van der Waals surface area contributed by atoms with Crippen LogP contribution >= 0.6 is 11.8 Å². The third kappa shape index (κ3) is 4.98. The number of nitrogens with one attached hydrogen (secondary N) is 1. The summed E-state index contributed by atoms with van der Waals surface area (Å²) in [6.45, 7) is 7.06. The SMILES string of the molecule is CCOc1ccc(C(CSC(C)C)NN)cc1. The second kappa shape index (κ2) is 7.58. The van der Waals surface area contributed by atoms with E-state index >= 15 is 0 Å². The van der Waals surface area contributed by atoms with Gasteiger partial charge in [0.05, 0.1) is 12.6 Å². The fourth-order valence-corrected chi connectivity index (χ4v) is 2.36. The van der Waals surface area contributed by atoms with Crippen LogP contribution in [-0.4, -0.2) is 17.6 Å². The lowest BCUT2D eigenvalue weighted by Crippen LogP contribution is -2.30. The summed E-state index contributed by atoms with van der Waals surface area (Å²) in [4.78, 5) is 0.